The number of hydrogen-bond acceptors (Lipinski definition) is 4. The zero-order valence-corrected chi connectivity index (χ0v) is 12.5. The maximum absolute atomic E-state index is 8.73. The van der Waals surface area contributed by atoms with Crippen LogP contribution in [0.5, 0.6) is 0 Å². The number of oxime groups is 1. The first kappa shape index (κ1) is 14.6. The Balaban J connectivity index is 2.12. The first-order valence-electron chi connectivity index (χ1n) is 7.10. The van der Waals surface area contributed by atoms with Gasteiger partial charge in [-0.3, -0.25) is 4.98 Å². The molecule has 1 saturated carbocycles. The van der Waals surface area contributed by atoms with Crippen LogP contribution in [-0.2, 0) is 0 Å². The van der Waals surface area contributed by atoms with E-state index in [4.69, 9.17) is 10.9 Å². The number of aromatic nitrogens is 1. The Bertz CT molecular complexity index is 488. The van der Waals surface area contributed by atoms with Gasteiger partial charge in [-0.05, 0) is 43.2 Å². The van der Waals surface area contributed by atoms with Crippen LogP contribution < -0.4 is 10.6 Å². The average molecular weight is 276 g/mol. The zero-order chi connectivity index (χ0) is 14.8. The van der Waals surface area contributed by atoms with E-state index in [9.17, 15) is 0 Å². The SMILES string of the molecule is CN(c1ccnc(/C(N)=N/O)c1)C1CCC(C)(C)CC1. The zero-order valence-electron chi connectivity index (χ0n) is 12.5. The van der Waals surface area contributed by atoms with E-state index in [1.54, 1.807) is 6.20 Å². The molecule has 0 atom stereocenters. The molecule has 110 valence electrons. The molecule has 1 aliphatic carbocycles. The van der Waals surface area contributed by atoms with E-state index in [1.807, 2.05) is 12.1 Å². The molecule has 1 aromatic rings. The Labute approximate surface area is 120 Å². The number of pyridine rings is 1. The van der Waals surface area contributed by atoms with Crippen LogP contribution in [0.25, 0.3) is 0 Å². The van der Waals surface area contributed by atoms with Crippen molar-refractivity contribution in [3.63, 3.8) is 0 Å². The Kier molecular flexibility index (Phi) is 4.16. The van der Waals surface area contributed by atoms with Crippen LogP contribution >= 0.6 is 0 Å². The van der Waals surface area contributed by atoms with E-state index in [2.05, 4.69) is 35.9 Å². The predicted molar refractivity (Wildman–Crippen MR) is 81.2 cm³/mol. The molecular formula is C15H24N4O. The molecule has 20 heavy (non-hydrogen) atoms. The molecule has 1 aromatic heterocycles. The van der Waals surface area contributed by atoms with E-state index < -0.39 is 0 Å². The standard InChI is InChI=1S/C15H24N4O/c1-15(2)7-4-11(5-8-15)19(3)12-6-9-17-13(10-12)14(16)18-20/h6,9-11,20H,4-5,7-8H2,1-3H3,(H2,16,18). The van der Waals surface area contributed by atoms with E-state index in [0.29, 0.717) is 17.2 Å². The molecule has 0 radical (unpaired) electrons. The second kappa shape index (κ2) is 5.69. The highest BCUT2D eigenvalue weighted by Crippen LogP contribution is 2.37. The van der Waals surface area contributed by atoms with E-state index in [-0.39, 0.29) is 5.84 Å². The molecule has 1 heterocycles. The van der Waals surface area contributed by atoms with Gasteiger partial charge in [0.15, 0.2) is 5.84 Å². The normalized spacial score (nSPS) is 19.9. The van der Waals surface area contributed by atoms with Crippen molar-refractivity contribution >= 4 is 11.5 Å². The van der Waals surface area contributed by atoms with Crippen LogP contribution in [-0.4, -0.2) is 29.1 Å². The van der Waals surface area contributed by atoms with Gasteiger partial charge in [-0.15, -0.1) is 0 Å². The lowest BCUT2D eigenvalue weighted by atomic mass is 9.75. The third-order valence-corrected chi connectivity index (χ3v) is 4.38. The fourth-order valence-corrected chi connectivity index (χ4v) is 2.81. The van der Waals surface area contributed by atoms with Crippen LogP contribution in [0.3, 0.4) is 0 Å². The molecule has 0 aliphatic heterocycles. The van der Waals surface area contributed by atoms with Crippen LogP contribution in [0, 0.1) is 5.41 Å². The maximum Gasteiger partial charge on any atom is 0.188 e. The number of nitrogens with zero attached hydrogens (tertiary/aromatic N) is 3. The summed E-state index contributed by atoms with van der Waals surface area (Å²) in [6.45, 7) is 4.68. The summed E-state index contributed by atoms with van der Waals surface area (Å²) < 4.78 is 0. The van der Waals surface area contributed by atoms with Gasteiger partial charge in [0.2, 0.25) is 0 Å². The molecule has 2 rings (SSSR count). The van der Waals surface area contributed by atoms with Crippen LogP contribution in [0.1, 0.15) is 45.2 Å². The van der Waals surface area contributed by atoms with Crippen LogP contribution in [0.2, 0.25) is 0 Å². The smallest absolute Gasteiger partial charge is 0.188 e. The van der Waals surface area contributed by atoms with Crippen molar-refractivity contribution in [1.82, 2.24) is 4.98 Å². The molecule has 1 aliphatic rings. The minimum Gasteiger partial charge on any atom is -0.409 e. The fraction of sp³-hybridized carbons (Fsp3) is 0.600. The van der Waals surface area contributed by atoms with Gasteiger partial charge >= 0.3 is 0 Å². The van der Waals surface area contributed by atoms with Gasteiger partial charge < -0.3 is 15.8 Å². The van der Waals surface area contributed by atoms with Gasteiger partial charge in [-0.2, -0.15) is 0 Å². The Morgan fingerprint density at radius 2 is 2.10 bits per heavy atom. The molecule has 5 heteroatoms. The number of anilines is 1. The van der Waals surface area contributed by atoms with Crippen molar-refractivity contribution in [2.45, 2.75) is 45.6 Å². The van der Waals surface area contributed by atoms with Crippen molar-refractivity contribution < 1.29 is 5.21 Å². The molecule has 1 fully saturated rings. The summed E-state index contributed by atoms with van der Waals surface area (Å²) in [6.07, 6.45) is 6.60. The highest BCUT2D eigenvalue weighted by molar-refractivity contribution is 5.95. The number of rotatable bonds is 3. The summed E-state index contributed by atoms with van der Waals surface area (Å²) in [5.41, 5.74) is 7.63. The molecule has 5 nitrogen and oxygen atoms in total. The second-order valence-electron chi connectivity index (χ2n) is 6.39. The largest absolute Gasteiger partial charge is 0.409 e. The lowest BCUT2D eigenvalue weighted by molar-refractivity contribution is 0.222. The molecule has 0 unspecified atom stereocenters. The lowest BCUT2D eigenvalue weighted by Gasteiger charge is -2.39. The number of hydrogen-bond donors (Lipinski definition) is 2. The van der Waals surface area contributed by atoms with E-state index in [1.165, 1.54) is 25.7 Å². The molecule has 0 saturated heterocycles. The summed E-state index contributed by atoms with van der Waals surface area (Å²) in [5.74, 6) is 0.0463. The third kappa shape index (κ3) is 3.21. The lowest BCUT2D eigenvalue weighted by Crippen LogP contribution is -2.37. The Hall–Kier alpha value is -1.78. The second-order valence-corrected chi connectivity index (χ2v) is 6.39. The molecular weight excluding hydrogens is 252 g/mol. The van der Waals surface area contributed by atoms with Crippen LogP contribution in [0.4, 0.5) is 5.69 Å². The minimum atomic E-state index is 0.0463. The summed E-state index contributed by atoms with van der Waals surface area (Å²) in [4.78, 5) is 6.40. The predicted octanol–water partition coefficient (Wildman–Crippen LogP) is 2.58. The van der Waals surface area contributed by atoms with Crippen molar-refractivity contribution in [1.29, 1.82) is 0 Å². The minimum absolute atomic E-state index is 0.0463. The van der Waals surface area contributed by atoms with Crippen molar-refractivity contribution in [3.8, 4) is 0 Å². The van der Waals surface area contributed by atoms with Crippen molar-refractivity contribution in [3.05, 3.63) is 24.0 Å². The molecule has 0 aromatic carbocycles. The highest BCUT2D eigenvalue weighted by Gasteiger charge is 2.29. The van der Waals surface area contributed by atoms with Crippen LogP contribution in [0.15, 0.2) is 23.5 Å². The topological polar surface area (TPSA) is 74.7 Å². The van der Waals surface area contributed by atoms with Gasteiger partial charge in [0.05, 0.1) is 0 Å². The Morgan fingerprint density at radius 1 is 1.45 bits per heavy atom. The number of nitrogens with two attached hydrogens (primary N) is 1. The molecule has 3 N–H and O–H groups in total. The third-order valence-electron chi connectivity index (χ3n) is 4.38. The first-order chi connectivity index (χ1) is 9.43. The average Bonchev–Trinajstić information content (AvgIpc) is 2.46. The summed E-state index contributed by atoms with van der Waals surface area (Å²) >= 11 is 0. The molecule has 0 amide bonds. The first-order valence-corrected chi connectivity index (χ1v) is 7.10. The summed E-state index contributed by atoms with van der Waals surface area (Å²) in [6, 6.07) is 4.38. The van der Waals surface area contributed by atoms with Gasteiger partial charge in [-0.25, -0.2) is 0 Å². The quantitative estimate of drug-likeness (QED) is 0.385. The monoisotopic (exact) mass is 276 g/mol. The molecule has 0 spiro atoms. The Morgan fingerprint density at radius 3 is 2.70 bits per heavy atom. The van der Waals surface area contributed by atoms with Crippen molar-refractivity contribution in [2.24, 2.45) is 16.3 Å². The van der Waals surface area contributed by atoms with E-state index >= 15 is 0 Å². The molecule has 0 bridgehead atoms. The van der Waals surface area contributed by atoms with Gasteiger partial charge in [-0.1, -0.05) is 19.0 Å². The highest BCUT2D eigenvalue weighted by atomic mass is 16.4. The maximum atomic E-state index is 8.73. The van der Waals surface area contributed by atoms with Crippen molar-refractivity contribution in [2.75, 3.05) is 11.9 Å². The fourth-order valence-electron chi connectivity index (χ4n) is 2.81. The number of amidine groups is 1. The van der Waals surface area contributed by atoms with Gasteiger partial charge in [0, 0.05) is 25.0 Å². The summed E-state index contributed by atoms with van der Waals surface area (Å²) in [7, 11) is 2.11. The van der Waals surface area contributed by atoms with E-state index in [0.717, 1.165) is 5.69 Å². The van der Waals surface area contributed by atoms with Gasteiger partial charge in [0.25, 0.3) is 0 Å². The van der Waals surface area contributed by atoms with Gasteiger partial charge in [0.1, 0.15) is 5.69 Å². The summed E-state index contributed by atoms with van der Waals surface area (Å²) in [5, 5.41) is 11.7.